The van der Waals surface area contributed by atoms with E-state index < -0.39 is 0 Å². The topological polar surface area (TPSA) is 86.2 Å². The van der Waals surface area contributed by atoms with E-state index in [2.05, 4.69) is 20.5 Å². The molecule has 1 aliphatic carbocycles. The van der Waals surface area contributed by atoms with Gasteiger partial charge in [0.15, 0.2) is 12.6 Å². The Hall–Kier alpha value is -1.55. The van der Waals surface area contributed by atoms with Gasteiger partial charge < -0.3 is 25.4 Å². The molecular weight excluding hydrogens is 459 g/mol. The molecular formula is C19H29IN4O3. The Labute approximate surface area is 177 Å². The highest BCUT2D eigenvalue weighted by Crippen LogP contribution is 2.19. The van der Waals surface area contributed by atoms with Gasteiger partial charge in [0.25, 0.3) is 5.91 Å². The zero-order valence-electron chi connectivity index (χ0n) is 15.7. The number of amides is 1. The van der Waals surface area contributed by atoms with Crippen molar-refractivity contribution < 1.29 is 14.6 Å². The molecule has 8 heteroatoms. The number of carbonyl (C=O) groups is 1. The van der Waals surface area contributed by atoms with Crippen LogP contribution in [0.5, 0.6) is 5.75 Å². The number of halogens is 1. The van der Waals surface area contributed by atoms with E-state index in [0.29, 0.717) is 24.9 Å². The van der Waals surface area contributed by atoms with Gasteiger partial charge in [0, 0.05) is 25.7 Å². The molecule has 1 aromatic rings. The summed E-state index contributed by atoms with van der Waals surface area (Å²) in [4.78, 5) is 18.5. The summed E-state index contributed by atoms with van der Waals surface area (Å²) in [6.45, 7) is 4.79. The summed E-state index contributed by atoms with van der Waals surface area (Å²) >= 11 is 0. The molecule has 1 aromatic carbocycles. The summed E-state index contributed by atoms with van der Waals surface area (Å²) < 4.78 is 5.59. The molecule has 1 atom stereocenters. The first-order valence-corrected chi connectivity index (χ1v) is 9.36. The fourth-order valence-electron chi connectivity index (χ4n) is 2.91. The maximum Gasteiger partial charge on any atom is 0.258 e. The lowest BCUT2D eigenvalue weighted by atomic mass is 10.2. The summed E-state index contributed by atoms with van der Waals surface area (Å²) in [5.74, 6) is 1.42. The smallest absolute Gasteiger partial charge is 0.258 e. The van der Waals surface area contributed by atoms with Crippen molar-refractivity contribution >= 4 is 35.8 Å². The monoisotopic (exact) mass is 488 g/mol. The van der Waals surface area contributed by atoms with Crippen molar-refractivity contribution in [3.63, 3.8) is 0 Å². The Morgan fingerprint density at radius 3 is 2.85 bits per heavy atom. The molecule has 0 unspecified atom stereocenters. The van der Waals surface area contributed by atoms with E-state index in [1.54, 1.807) is 0 Å². The molecule has 0 aromatic heterocycles. The van der Waals surface area contributed by atoms with E-state index >= 15 is 0 Å². The number of hydrogen-bond acceptors (Lipinski definition) is 4. The van der Waals surface area contributed by atoms with Gasteiger partial charge in [-0.25, -0.2) is 4.99 Å². The first-order valence-electron chi connectivity index (χ1n) is 9.36. The van der Waals surface area contributed by atoms with E-state index in [1.807, 2.05) is 31.2 Å². The van der Waals surface area contributed by atoms with Gasteiger partial charge in [0.05, 0.1) is 12.6 Å². The number of hydrogen-bond donors (Lipinski definition) is 3. The van der Waals surface area contributed by atoms with Gasteiger partial charge >= 0.3 is 0 Å². The van der Waals surface area contributed by atoms with Crippen LogP contribution in [0.15, 0.2) is 29.3 Å². The largest absolute Gasteiger partial charge is 0.484 e. The van der Waals surface area contributed by atoms with Crippen LogP contribution < -0.4 is 15.4 Å². The number of aliphatic hydroxyl groups excluding tert-OH is 1. The Morgan fingerprint density at radius 1 is 1.37 bits per heavy atom. The number of β-amino-alcohol motifs (C(OH)–C–C–N with tert-alkyl or cyclic N) is 1. The van der Waals surface area contributed by atoms with E-state index in [0.717, 1.165) is 43.9 Å². The number of aliphatic imine (C=N–C) groups is 1. The highest BCUT2D eigenvalue weighted by Gasteiger charge is 2.23. The Morgan fingerprint density at radius 2 is 2.19 bits per heavy atom. The number of ether oxygens (including phenoxy) is 1. The third-order valence-electron chi connectivity index (χ3n) is 4.42. The summed E-state index contributed by atoms with van der Waals surface area (Å²) in [6, 6.07) is 8.00. The quantitative estimate of drug-likeness (QED) is 0.308. The third-order valence-corrected chi connectivity index (χ3v) is 4.42. The fourth-order valence-corrected chi connectivity index (χ4v) is 2.91. The SMILES string of the molecule is CCNC(=NCc1cccc(OCC(=O)NC2CC2)c1)N1CC[C@@H](O)C1.I. The van der Waals surface area contributed by atoms with E-state index in [4.69, 9.17) is 4.74 Å². The fraction of sp³-hybridized carbons (Fsp3) is 0.579. The second kappa shape index (κ2) is 10.7. The van der Waals surface area contributed by atoms with Crippen molar-refractivity contribution in [2.75, 3.05) is 26.2 Å². The molecule has 27 heavy (non-hydrogen) atoms. The second-order valence-electron chi connectivity index (χ2n) is 6.84. The van der Waals surface area contributed by atoms with Crippen molar-refractivity contribution in [2.24, 2.45) is 4.99 Å². The number of aliphatic hydroxyl groups is 1. The van der Waals surface area contributed by atoms with Crippen molar-refractivity contribution in [1.29, 1.82) is 0 Å². The minimum Gasteiger partial charge on any atom is -0.484 e. The lowest BCUT2D eigenvalue weighted by Crippen LogP contribution is -2.40. The van der Waals surface area contributed by atoms with E-state index in [1.165, 1.54) is 0 Å². The third kappa shape index (κ3) is 7.17. The molecule has 1 heterocycles. The van der Waals surface area contributed by atoms with Crippen molar-refractivity contribution in [3.05, 3.63) is 29.8 Å². The lowest BCUT2D eigenvalue weighted by molar-refractivity contribution is -0.123. The molecule has 0 radical (unpaired) electrons. The van der Waals surface area contributed by atoms with Crippen LogP contribution in [0.25, 0.3) is 0 Å². The Balaban J connectivity index is 0.00000261. The Kier molecular flexibility index (Phi) is 8.62. The zero-order chi connectivity index (χ0) is 18.4. The van der Waals surface area contributed by atoms with Crippen LogP contribution in [-0.4, -0.2) is 60.3 Å². The van der Waals surface area contributed by atoms with Gasteiger partial charge in [-0.3, -0.25) is 4.79 Å². The van der Waals surface area contributed by atoms with Crippen molar-refractivity contribution in [2.45, 2.75) is 44.9 Å². The first kappa shape index (κ1) is 21.7. The molecule has 1 saturated heterocycles. The van der Waals surface area contributed by atoms with Crippen LogP contribution >= 0.6 is 24.0 Å². The van der Waals surface area contributed by atoms with Crippen molar-refractivity contribution in [1.82, 2.24) is 15.5 Å². The van der Waals surface area contributed by atoms with Crippen LogP contribution in [0.2, 0.25) is 0 Å². The minimum absolute atomic E-state index is 0. The standard InChI is InChI=1S/C19H28N4O3.HI/c1-2-20-19(23-9-8-16(24)12-23)21-11-14-4-3-5-17(10-14)26-13-18(25)22-15-6-7-15;/h3-5,10,15-16,24H,2,6-9,11-13H2,1H3,(H,20,21)(H,22,25);1H/t16-;/m1./s1. The van der Waals surface area contributed by atoms with Crippen LogP contribution in [0.1, 0.15) is 31.7 Å². The molecule has 2 aliphatic rings. The van der Waals surface area contributed by atoms with Crippen LogP contribution in [0.3, 0.4) is 0 Å². The average Bonchev–Trinajstić information content (AvgIpc) is 3.34. The number of carbonyl (C=O) groups excluding carboxylic acids is 1. The van der Waals surface area contributed by atoms with Gasteiger partial charge in [-0.15, -0.1) is 24.0 Å². The predicted molar refractivity (Wildman–Crippen MR) is 116 cm³/mol. The first-order chi connectivity index (χ1) is 12.6. The molecule has 2 fully saturated rings. The molecule has 1 aliphatic heterocycles. The van der Waals surface area contributed by atoms with Crippen molar-refractivity contribution in [3.8, 4) is 5.75 Å². The van der Waals surface area contributed by atoms with Crippen LogP contribution in [0, 0.1) is 0 Å². The lowest BCUT2D eigenvalue weighted by Gasteiger charge is -2.21. The van der Waals surface area contributed by atoms with Gasteiger partial charge in [-0.2, -0.15) is 0 Å². The summed E-state index contributed by atoms with van der Waals surface area (Å²) in [7, 11) is 0. The maximum atomic E-state index is 11.7. The predicted octanol–water partition coefficient (Wildman–Crippen LogP) is 1.49. The minimum atomic E-state index is -0.280. The van der Waals surface area contributed by atoms with Gasteiger partial charge in [-0.05, 0) is 43.9 Å². The highest BCUT2D eigenvalue weighted by molar-refractivity contribution is 14.0. The van der Waals surface area contributed by atoms with Gasteiger partial charge in [-0.1, -0.05) is 12.1 Å². The maximum absolute atomic E-state index is 11.7. The van der Waals surface area contributed by atoms with Crippen LogP contribution in [-0.2, 0) is 11.3 Å². The molecule has 1 saturated carbocycles. The average molecular weight is 488 g/mol. The summed E-state index contributed by atoms with van der Waals surface area (Å²) in [5, 5.41) is 15.9. The summed E-state index contributed by atoms with van der Waals surface area (Å²) in [6.07, 6.45) is 2.64. The molecule has 0 bridgehead atoms. The zero-order valence-corrected chi connectivity index (χ0v) is 18.0. The van der Waals surface area contributed by atoms with Gasteiger partial charge in [0.2, 0.25) is 0 Å². The van der Waals surface area contributed by atoms with Gasteiger partial charge in [0.1, 0.15) is 5.75 Å². The number of benzene rings is 1. The number of nitrogens with zero attached hydrogens (tertiary/aromatic N) is 2. The normalized spacial score (nSPS) is 19.4. The van der Waals surface area contributed by atoms with E-state index in [-0.39, 0.29) is 42.6 Å². The molecule has 150 valence electrons. The number of likely N-dealkylation sites (tertiary alicyclic amines) is 1. The number of guanidine groups is 1. The number of nitrogens with one attached hydrogen (secondary N) is 2. The van der Waals surface area contributed by atoms with E-state index in [9.17, 15) is 9.90 Å². The number of rotatable bonds is 7. The molecule has 7 nitrogen and oxygen atoms in total. The Bertz CT molecular complexity index is 652. The molecule has 3 N–H and O–H groups in total. The molecule has 1 amide bonds. The second-order valence-corrected chi connectivity index (χ2v) is 6.84. The molecule has 0 spiro atoms. The molecule has 3 rings (SSSR count). The summed E-state index contributed by atoms with van der Waals surface area (Å²) in [5.41, 5.74) is 1.01. The van der Waals surface area contributed by atoms with Crippen LogP contribution in [0.4, 0.5) is 0 Å². The highest BCUT2D eigenvalue weighted by atomic mass is 127.